The molecule has 2 N–H and O–H groups in total. The molecule has 3 atom stereocenters. The van der Waals surface area contributed by atoms with Crippen LogP contribution in [-0.4, -0.2) is 47.6 Å². The van der Waals surface area contributed by atoms with Crippen LogP contribution in [-0.2, 0) is 4.79 Å². The monoisotopic (exact) mass is 378 g/mol. The van der Waals surface area contributed by atoms with Crippen LogP contribution in [0.1, 0.15) is 58.6 Å². The summed E-state index contributed by atoms with van der Waals surface area (Å²) in [6, 6.07) is 14.8. The lowest BCUT2D eigenvalue weighted by Gasteiger charge is -2.36. The number of aliphatic carboxylic acids is 1. The summed E-state index contributed by atoms with van der Waals surface area (Å²) in [5, 5.41) is 12.9. The highest BCUT2D eigenvalue weighted by Crippen LogP contribution is 2.27. The Labute approximate surface area is 165 Å². The molecule has 0 aromatic heterocycles. The van der Waals surface area contributed by atoms with Crippen LogP contribution in [0.25, 0.3) is 0 Å². The van der Waals surface area contributed by atoms with E-state index in [9.17, 15) is 14.7 Å². The Bertz CT molecular complexity index is 895. The predicted molar refractivity (Wildman–Crippen MR) is 108 cm³/mol. The van der Waals surface area contributed by atoms with Crippen molar-refractivity contribution in [3.05, 3.63) is 70.8 Å². The first-order valence-corrected chi connectivity index (χ1v) is 9.98. The molecule has 2 aliphatic rings. The minimum Gasteiger partial charge on any atom is -0.481 e. The summed E-state index contributed by atoms with van der Waals surface area (Å²) in [4.78, 5) is 26.8. The van der Waals surface area contributed by atoms with Gasteiger partial charge in [-0.1, -0.05) is 36.4 Å². The third-order valence-electron chi connectivity index (χ3n) is 6.06. The highest BCUT2D eigenvalue weighted by molar-refractivity contribution is 6.09. The smallest absolute Gasteiger partial charge is 0.310 e. The van der Waals surface area contributed by atoms with Gasteiger partial charge in [0.05, 0.1) is 12.1 Å². The van der Waals surface area contributed by atoms with Crippen molar-refractivity contribution in [2.24, 2.45) is 0 Å². The van der Waals surface area contributed by atoms with Gasteiger partial charge in [-0.15, -0.1) is 0 Å². The summed E-state index contributed by atoms with van der Waals surface area (Å²) >= 11 is 0. The van der Waals surface area contributed by atoms with Crippen LogP contribution in [0.15, 0.2) is 48.5 Å². The van der Waals surface area contributed by atoms with E-state index in [1.165, 1.54) is 18.4 Å². The van der Waals surface area contributed by atoms with Crippen molar-refractivity contribution in [2.45, 2.75) is 37.8 Å². The van der Waals surface area contributed by atoms with Gasteiger partial charge in [-0.2, -0.15) is 0 Å². The van der Waals surface area contributed by atoms with E-state index in [1.54, 1.807) is 31.2 Å². The molecule has 2 fully saturated rings. The number of benzene rings is 2. The number of carbonyl (C=O) groups is 2. The van der Waals surface area contributed by atoms with Crippen LogP contribution < -0.4 is 5.32 Å². The van der Waals surface area contributed by atoms with Gasteiger partial charge < -0.3 is 10.4 Å². The molecule has 0 saturated carbocycles. The number of hydrogen-bond donors (Lipinski definition) is 2. The molecule has 0 aliphatic carbocycles. The van der Waals surface area contributed by atoms with Crippen LogP contribution >= 0.6 is 0 Å². The average molecular weight is 378 g/mol. The Balaban J connectivity index is 1.55. The number of rotatable bonds is 5. The maximum absolute atomic E-state index is 13.0. The van der Waals surface area contributed by atoms with Crippen LogP contribution in [0.5, 0.6) is 0 Å². The lowest BCUT2D eigenvalue weighted by atomic mass is 9.91. The van der Waals surface area contributed by atoms with E-state index in [1.807, 2.05) is 18.2 Å². The van der Waals surface area contributed by atoms with Gasteiger partial charge in [0.1, 0.15) is 0 Å². The van der Waals surface area contributed by atoms with Crippen molar-refractivity contribution >= 4 is 11.8 Å². The lowest BCUT2D eigenvalue weighted by Crippen LogP contribution is -2.50. The number of nitrogens with one attached hydrogen (secondary N) is 1. The van der Waals surface area contributed by atoms with E-state index in [-0.39, 0.29) is 5.78 Å². The molecule has 0 bridgehead atoms. The predicted octanol–water partition coefficient (Wildman–Crippen LogP) is 3.21. The molecule has 2 heterocycles. The van der Waals surface area contributed by atoms with Crippen molar-refractivity contribution in [2.75, 3.05) is 19.6 Å². The standard InChI is InChI=1S/C23H26N2O3/c1-15(23(27)28)16-5-2-7-18(11-16)22(26)19-8-3-6-17(12-19)20-13-24-21-9-4-10-25(21)14-20/h2-3,5-8,11-12,15,20-21,24H,4,9-10,13-14H2,1H3,(H,27,28). The minimum absolute atomic E-state index is 0.0656. The second-order valence-electron chi connectivity index (χ2n) is 7.90. The maximum atomic E-state index is 13.0. The third kappa shape index (κ3) is 3.73. The fourth-order valence-electron chi connectivity index (χ4n) is 4.32. The molecule has 5 nitrogen and oxygen atoms in total. The molecule has 146 valence electrons. The second kappa shape index (κ2) is 7.86. The molecular weight excluding hydrogens is 352 g/mol. The van der Waals surface area contributed by atoms with Crippen molar-refractivity contribution in [3.63, 3.8) is 0 Å². The van der Waals surface area contributed by atoms with Gasteiger partial charge in [0.25, 0.3) is 0 Å². The van der Waals surface area contributed by atoms with Crippen LogP contribution in [0.4, 0.5) is 0 Å². The first-order chi connectivity index (χ1) is 13.5. The summed E-state index contributed by atoms with van der Waals surface area (Å²) in [7, 11) is 0. The van der Waals surface area contributed by atoms with E-state index < -0.39 is 11.9 Å². The molecule has 0 amide bonds. The molecular formula is C23H26N2O3. The number of hydrogen-bond acceptors (Lipinski definition) is 4. The molecule has 2 aromatic carbocycles. The Kier molecular flexibility index (Phi) is 5.29. The van der Waals surface area contributed by atoms with E-state index in [0.717, 1.165) is 19.6 Å². The van der Waals surface area contributed by atoms with Crippen LogP contribution in [0.2, 0.25) is 0 Å². The second-order valence-corrected chi connectivity index (χ2v) is 7.90. The lowest BCUT2D eigenvalue weighted by molar-refractivity contribution is -0.138. The fraction of sp³-hybridized carbons (Fsp3) is 0.391. The SMILES string of the molecule is CC(C(=O)O)c1cccc(C(=O)c2cccc(C3CNC4CCCN4C3)c2)c1. The van der Waals surface area contributed by atoms with Crippen molar-refractivity contribution < 1.29 is 14.7 Å². The van der Waals surface area contributed by atoms with Crippen LogP contribution in [0, 0.1) is 0 Å². The summed E-state index contributed by atoms with van der Waals surface area (Å²) in [5.74, 6) is -1.22. The summed E-state index contributed by atoms with van der Waals surface area (Å²) < 4.78 is 0. The van der Waals surface area contributed by atoms with E-state index in [2.05, 4.69) is 16.3 Å². The highest BCUT2D eigenvalue weighted by atomic mass is 16.4. The number of ketones is 1. The minimum atomic E-state index is -0.892. The average Bonchev–Trinajstić information content (AvgIpc) is 3.20. The highest BCUT2D eigenvalue weighted by Gasteiger charge is 2.31. The Morgan fingerprint density at radius 2 is 1.89 bits per heavy atom. The first-order valence-electron chi connectivity index (χ1n) is 9.98. The van der Waals surface area contributed by atoms with Gasteiger partial charge in [0.15, 0.2) is 5.78 Å². The number of carboxylic acids is 1. The fourth-order valence-corrected chi connectivity index (χ4v) is 4.32. The van der Waals surface area contributed by atoms with Gasteiger partial charge in [0.2, 0.25) is 0 Å². The summed E-state index contributed by atoms with van der Waals surface area (Å²) in [5.41, 5.74) is 3.01. The van der Waals surface area contributed by atoms with E-state index in [0.29, 0.717) is 28.8 Å². The van der Waals surface area contributed by atoms with Gasteiger partial charge in [-0.25, -0.2) is 0 Å². The molecule has 2 aliphatic heterocycles. The van der Waals surface area contributed by atoms with Gasteiger partial charge in [-0.3, -0.25) is 14.5 Å². The number of carbonyl (C=O) groups excluding carboxylic acids is 1. The van der Waals surface area contributed by atoms with Gasteiger partial charge >= 0.3 is 5.97 Å². The normalized spacial score (nSPS) is 23.2. The molecule has 0 spiro atoms. The van der Waals surface area contributed by atoms with Crippen molar-refractivity contribution in [1.29, 1.82) is 0 Å². The van der Waals surface area contributed by atoms with Gasteiger partial charge in [-0.05, 0) is 49.6 Å². The number of nitrogens with zero attached hydrogens (tertiary/aromatic N) is 1. The quantitative estimate of drug-likeness (QED) is 0.782. The van der Waals surface area contributed by atoms with Crippen molar-refractivity contribution in [3.8, 4) is 0 Å². The number of carboxylic acid groups (broad SMARTS) is 1. The largest absolute Gasteiger partial charge is 0.481 e. The molecule has 5 heteroatoms. The molecule has 0 radical (unpaired) electrons. The third-order valence-corrected chi connectivity index (χ3v) is 6.06. The van der Waals surface area contributed by atoms with E-state index >= 15 is 0 Å². The Hall–Kier alpha value is -2.50. The molecule has 2 aromatic rings. The Morgan fingerprint density at radius 1 is 1.14 bits per heavy atom. The van der Waals surface area contributed by atoms with E-state index in [4.69, 9.17) is 0 Å². The Morgan fingerprint density at radius 3 is 2.68 bits per heavy atom. The zero-order chi connectivity index (χ0) is 19.7. The first kappa shape index (κ1) is 18.8. The summed E-state index contributed by atoms with van der Waals surface area (Å²) in [6.07, 6.45) is 2.98. The molecule has 28 heavy (non-hydrogen) atoms. The maximum Gasteiger partial charge on any atom is 0.310 e. The summed E-state index contributed by atoms with van der Waals surface area (Å²) in [6.45, 7) is 4.74. The zero-order valence-corrected chi connectivity index (χ0v) is 16.1. The topological polar surface area (TPSA) is 69.6 Å². The van der Waals surface area contributed by atoms with Gasteiger partial charge in [0, 0.05) is 30.1 Å². The molecule has 4 rings (SSSR count). The zero-order valence-electron chi connectivity index (χ0n) is 16.1. The van der Waals surface area contributed by atoms with Crippen LogP contribution in [0.3, 0.4) is 0 Å². The molecule has 3 unspecified atom stereocenters. The molecule has 2 saturated heterocycles. The van der Waals surface area contributed by atoms with Crippen molar-refractivity contribution in [1.82, 2.24) is 10.2 Å². The number of fused-ring (bicyclic) bond motifs is 1.